The molecule has 0 saturated heterocycles. The number of rotatable bonds is 16. The van der Waals surface area contributed by atoms with Crippen LogP contribution in [0.1, 0.15) is 53.4 Å². The second-order valence-corrected chi connectivity index (χ2v) is 9.30. The summed E-state index contributed by atoms with van der Waals surface area (Å²) >= 11 is 0. The third-order valence-corrected chi connectivity index (χ3v) is 6.46. The topological polar surface area (TPSA) is 29.9 Å². The molecule has 0 radical (unpaired) electrons. The molecule has 0 N–H and O–H groups in total. The zero-order chi connectivity index (χ0) is 24.3. The van der Waals surface area contributed by atoms with Crippen LogP contribution in [0.25, 0.3) is 21.8 Å². The monoisotopic (exact) mass is 467 g/mol. The lowest BCUT2D eigenvalue weighted by molar-refractivity contribution is 0.209. The van der Waals surface area contributed by atoms with E-state index in [0.29, 0.717) is 0 Å². The molecule has 0 aliphatic rings. The molecule has 2 aromatic carbocycles. The summed E-state index contributed by atoms with van der Waals surface area (Å²) in [5.41, 5.74) is 2.39. The van der Waals surface area contributed by atoms with Crippen molar-refractivity contribution >= 4 is 21.8 Å². The lowest BCUT2D eigenvalue weighted by atomic mass is 10.1. The highest BCUT2D eigenvalue weighted by Gasteiger charge is 2.11. The van der Waals surface area contributed by atoms with Gasteiger partial charge in [0.2, 0.25) is 0 Å². The molecule has 3 rings (SSSR count). The fourth-order valence-electron chi connectivity index (χ4n) is 4.86. The van der Waals surface area contributed by atoms with Crippen LogP contribution < -0.4 is 9.47 Å². The maximum Gasteiger partial charge on any atom is 0.121 e. The third kappa shape index (κ3) is 6.89. The fourth-order valence-corrected chi connectivity index (χ4v) is 4.86. The number of nitrogens with zero attached hydrogens (tertiary/aromatic N) is 3. The molecule has 3 aromatic rings. The summed E-state index contributed by atoms with van der Waals surface area (Å²) in [5.74, 6) is 1.88. The zero-order valence-corrected chi connectivity index (χ0v) is 22.1. The van der Waals surface area contributed by atoms with Crippen LogP contribution in [0.15, 0.2) is 36.4 Å². The van der Waals surface area contributed by atoms with E-state index < -0.39 is 0 Å². The van der Waals surface area contributed by atoms with E-state index in [9.17, 15) is 0 Å². The van der Waals surface area contributed by atoms with E-state index >= 15 is 0 Å². The van der Waals surface area contributed by atoms with Crippen molar-refractivity contribution in [2.75, 3.05) is 52.5 Å². The van der Waals surface area contributed by atoms with E-state index in [0.717, 1.165) is 64.0 Å². The maximum absolute atomic E-state index is 6.14. The maximum atomic E-state index is 6.14. The molecule has 0 unspecified atom stereocenters. The number of ether oxygens (including phenoxy) is 2. The molecule has 0 bridgehead atoms. The van der Waals surface area contributed by atoms with Gasteiger partial charge in [-0.3, -0.25) is 9.80 Å². The Bertz CT molecular complexity index is 922. The van der Waals surface area contributed by atoms with Gasteiger partial charge in [0.15, 0.2) is 0 Å². The smallest absolute Gasteiger partial charge is 0.121 e. The summed E-state index contributed by atoms with van der Waals surface area (Å²) in [4.78, 5) is 4.97. The molecule has 0 saturated carbocycles. The molecule has 0 aliphatic carbocycles. The molecule has 34 heavy (non-hydrogen) atoms. The molecule has 1 aromatic heterocycles. The number of hydrogen-bond acceptors (Lipinski definition) is 4. The van der Waals surface area contributed by atoms with E-state index in [1.165, 1.54) is 47.5 Å². The van der Waals surface area contributed by atoms with Gasteiger partial charge in [0, 0.05) is 43.0 Å². The van der Waals surface area contributed by atoms with Crippen molar-refractivity contribution in [1.82, 2.24) is 14.4 Å². The predicted octanol–water partition coefficient (Wildman–Crippen LogP) is 6.33. The fraction of sp³-hybridized carbons (Fsp3) is 0.586. The number of aryl methyl sites for hydroxylation is 1. The Morgan fingerprint density at radius 3 is 1.32 bits per heavy atom. The largest absolute Gasteiger partial charge is 0.492 e. The van der Waals surface area contributed by atoms with Gasteiger partial charge in [0.05, 0.1) is 11.0 Å². The first-order valence-corrected chi connectivity index (χ1v) is 13.3. The normalized spacial score (nSPS) is 11.9. The van der Waals surface area contributed by atoms with Gasteiger partial charge >= 0.3 is 0 Å². The number of hydrogen-bond donors (Lipinski definition) is 0. The molecule has 0 atom stereocenters. The summed E-state index contributed by atoms with van der Waals surface area (Å²) in [7, 11) is 2.13. The number of fused-ring (bicyclic) bond motifs is 3. The van der Waals surface area contributed by atoms with E-state index in [1.54, 1.807) is 0 Å². The van der Waals surface area contributed by atoms with Gasteiger partial charge in [-0.25, -0.2) is 0 Å². The average molecular weight is 468 g/mol. The summed E-state index contributed by atoms with van der Waals surface area (Å²) < 4.78 is 14.5. The highest BCUT2D eigenvalue weighted by molar-refractivity contribution is 6.08. The van der Waals surface area contributed by atoms with Crippen molar-refractivity contribution < 1.29 is 9.47 Å². The first-order chi connectivity index (χ1) is 16.6. The van der Waals surface area contributed by atoms with Gasteiger partial charge in [-0.2, -0.15) is 0 Å². The van der Waals surface area contributed by atoms with Crippen LogP contribution in [0.4, 0.5) is 0 Å². The number of aromatic nitrogens is 1. The van der Waals surface area contributed by atoms with Crippen molar-refractivity contribution in [1.29, 1.82) is 0 Å². The summed E-state index contributed by atoms with van der Waals surface area (Å²) in [5, 5.41) is 2.51. The Labute approximate surface area is 206 Å². The van der Waals surface area contributed by atoms with Crippen molar-refractivity contribution in [3.63, 3.8) is 0 Å². The lowest BCUT2D eigenvalue weighted by Gasteiger charge is -2.20. The van der Waals surface area contributed by atoms with Crippen LogP contribution in [-0.2, 0) is 7.05 Å². The van der Waals surface area contributed by atoms with Gasteiger partial charge in [-0.05, 0) is 76.1 Å². The zero-order valence-electron chi connectivity index (χ0n) is 22.1. The van der Waals surface area contributed by atoms with Crippen LogP contribution in [0, 0.1) is 0 Å². The van der Waals surface area contributed by atoms with Gasteiger partial charge in [0.25, 0.3) is 0 Å². The van der Waals surface area contributed by atoms with Gasteiger partial charge < -0.3 is 14.0 Å². The molecule has 0 amide bonds. The summed E-state index contributed by atoms with van der Waals surface area (Å²) in [6.07, 6.45) is 4.74. The number of benzene rings is 2. The van der Waals surface area contributed by atoms with Gasteiger partial charge in [0.1, 0.15) is 24.7 Å². The van der Waals surface area contributed by atoms with Crippen molar-refractivity contribution in [3.05, 3.63) is 36.4 Å². The van der Waals surface area contributed by atoms with E-state index in [-0.39, 0.29) is 0 Å². The predicted molar refractivity (Wildman–Crippen MR) is 145 cm³/mol. The highest BCUT2D eigenvalue weighted by Crippen LogP contribution is 2.33. The molecule has 5 heteroatoms. The highest BCUT2D eigenvalue weighted by atomic mass is 16.5. The quantitative estimate of drug-likeness (QED) is 0.246. The Balaban J connectivity index is 1.67. The Morgan fingerprint density at radius 2 is 0.971 bits per heavy atom. The first kappa shape index (κ1) is 26.4. The SMILES string of the molecule is CCCN(CCC)CCOc1ccc2c3ccc(OCCN(CCC)CCC)cc3n(C)c2c1. The summed E-state index contributed by atoms with van der Waals surface area (Å²) in [6, 6.07) is 12.9. The molecule has 0 aliphatic heterocycles. The third-order valence-electron chi connectivity index (χ3n) is 6.46. The molecular weight excluding hydrogens is 422 g/mol. The molecule has 188 valence electrons. The average Bonchev–Trinajstić information content (AvgIpc) is 3.11. The first-order valence-electron chi connectivity index (χ1n) is 13.3. The van der Waals surface area contributed by atoms with Crippen LogP contribution >= 0.6 is 0 Å². The minimum Gasteiger partial charge on any atom is -0.492 e. The van der Waals surface area contributed by atoms with E-state index in [1.807, 2.05) is 0 Å². The Morgan fingerprint density at radius 1 is 0.588 bits per heavy atom. The molecule has 0 fully saturated rings. The van der Waals surface area contributed by atoms with Crippen LogP contribution in [-0.4, -0.2) is 66.8 Å². The van der Waals surface area contributed by atoms with E-state index in [4.69, 9.17) is 9.47 Å². The van der Waals surface area contributed by atoms with Crippen molar-refractivity contribution in [2.45, 2.75) is 53.4 Å². The molecule has 0 spiro atoms. The van der Waals surface area contributed by atoms with Gasteiger partial charge in [-0.1, -0.05) is 27.7 Å². The second kappa shape index (κ2) is 13.6. The minimum absolute atomic E-state index is 0.723. The molecule has 5 nitrogen and oxygen atoms in total. The second-order valence-electron chi connectivity index (χ2n) is 9.30. The molecule has 1 heterocycles. The van der Waals surface area contributed by atoms with Crippen LogP contribution in [0.3, 0.4) is 0 Å². The Kier molecular flexibility index (Phi) is 10.5. The van der Waals surface area contributed by atoms with Gasteiger partial charge in [-0.15, -0.1) is 0 Å². The van der Waals surface area contributed by atoms with E-state index in [2.05, 4.69) is 85.5 Å². The lowest BCUT2D eigenvalue weighted by Crippen LogP contribution is -2.30. The van der Waals surface area contributed by atoms with Crippen molar-refractivity contribution in [3.8, 4) is 11.5 Å². The van der Waals surface area contributed by atoms with Crippen LogP contribution in [0.5, 0.6) is 11.5 Å². The standard InChI is InChI=1S/C29H45N3O2/c1-6-14-31(15-7-2)18-20-33-24-10-12-26-27-13-11-25(23-29(27)30(5)28(26)22-24)34-21-19-32(16-8-3)17-9-4/h10-13,22-23H,6-9,14-21H2,1-5H3. The Hall–Kier alpha value is -2.24. The summed E-state index contributed by atoms with van der Waals surface area (Å²) in [6.45, 7) is 16.9. The van der Waals surface area contributed by atoms with Crippen molar-refractivity contribution in [2.24, 2.45) is 7.05 Å². The molecular formula is C29H45N3O2. The minimum atomic E-state index is 0.723. The van der Waals surface area contributed by atoms with Crippen LogP contribution in [0.2, 0.25) is 0 Å².